The third-order valence-electron chi connectivity index (χ3n) is 7.84. The van der Waals surface area contributed by atoms with Gasteiger partial charge in [-0.1, -0.05) is 32.1 Å². The molecule has 3 rings (SSSR count). The maximum absolute atomic E-state index is 12.4. The highest BCUT2D eigenvalue weighted by molar-refractivity contribution is 5.67. The first-order valence-electron chi connectivity index (χ1n) is 13.0. The zero-order valence-electron chi connectivity index (χ0n) is 22.2. The van der Waals surface area contributed by atoms with Crippen molar-refractivity contribution in [1.29, 1.82) is 0 Å². The maximum atomic E-state index is 12.4. The van der Waals surface area contributed by atoms with Crippen LogP contribution in [-0.2, 0) is 23.7 Å². The topological polar surface area (TPSA) is 95.5 Å². The molecule has 8 heteroatoms. The van der Waals surface area contributed by atoms with E-state index in [9.17, 15) is 9.90 Å². The summed E-state index contributed by atoms with van der Waals surface area (Å²) in [5.41, 5.74) is -0.601. The van der Waals surface area contributed by atoms with Crippen LogP contribution in [-0.4, -0.2) is 67.5 Å². The Morgan fingerprint density at radius 2 is 1.62 bits per heavy atom. The molecule has 2 saturated carbocycles. The van der Waals surface area contributed by atoms with E-state index in [-0.39, 0.29) is 12.5 Å². The van der Waals surface area contributed by atoms with E-state index in [4.69, 9.17) is 23.7 Å². The Balaban J connectivity index is 1.81. The van der Waals surface area contributed by atoms with Gasteiger partial charge in [-0.25, -0.2) is 4.79 Å². The Morgan fingerprint density at radius 3 is 2.15 bits per heavy atom. The third-order valence-corrected chi connectivity index (χ3v) is 7.84. The van der Waals surface area contributed by atoms with Crippen molar-refractivity contribution in [3.63, 3.8) is 0 Å². The second-order valence-corrected chi connectivity index (χ2v) is 11.6. The van der Waals surface area contributed by atoms with Crippen molar-refractivity contribution in [2.24, 2.45) is 17.8 Å². The molecule has 6 unspecified atom stereocenters. The van der Waals surface area contributed by atoms with Crippen molar-refractivity contribution < 1.29 is 33.6 Å². The highest BCUT2D eigenvalue weighted by Gasteiger charge is 2.60. The smallest absolute Gasteiger partial charge is 0.407 e. The summed E-state index contributed by atoms with van der Waals surface area (Å²) < 4.78 is 30.0. The first-order valence-corrected chi connectivity index (χ1v) is 13.0. The number of amides is 1. The molecule has 1 heterocycles. The largest absolute Gasteiger partial charge is 0.444 e. The molecule has 0 aromatic rings. The van der Waals surface area contributed by atoms with Crippen LogP contribution in [0.15, 0.2) is 0 Å². The summed E-state index contributed by atoms with van der Waals surface area (Å²) in [6, 6.07) is 0. The molecule has 34 heavy (non-hydrogen) atoms. The number of aliphatic hydroxyl groups is 1. The SMILES string of the molecule is COC1(C)OC(CNC(=O)OC(C)(C)C)C(C(C(O)CC2CCCCC2)C2CC2)OC1(C)OC. The first kappa shape index (κ1) is 27.7. The second kappa shape index (κ2) is 11.0. The summed E-state index contributed by atoms with van der Waals surface area (Å²) in [6.45, 7) is 9.24. The van der Waals surface area contributed by atoms with Gasteiger partial charge < -0.3 is 34.1 Å². The number of aliphatic hydroxyl groups excluding tert-OH is 1. The van der Waals surface area contributed by atoms with Crippen LogP contribution in [0.4, 0.5) is 4.79 Å². The molecule has 3 fully saturated rings. The molecular weight excluding hydrogens is 438 g/mol. The van der Waals surface area contributed by atoms with Crippen LogP contribution in [0.3, 0.4) is 0 Å². The monoisotopic (exact) mass is 485 g/mol. The molecule has 0 radical (unpaired) electrons. The van der Waals surface area contributed by atoms with E-state index in [1.165, 1.54) is 32.1 Å². The van der Waals surface area contributed by atoms with Gasteiger partial charge in [-0.05, 0) is 65.7 Å². The Labute approximate surface area is 205 Å². The molecule has 3 aliphatic rings. The van der Waals surface area contributed by atoms with Gasteiger partial charge in [0.25, 0.3) is 0 Å². The fourth-order valence-corrected chi connectivity index (χ4v) is 5.56. The van der Waals surface area contributed by atoms with Gasteiger partial charge in [0.1, 0.15) is 11.7 Å². The van der Waals surface area contributed by atoms with Gasteiger partial charge in [0.05, 0.1) is 12.2 Å². The molecule has 2 N–H and O–H groups in total. The van der Waals surface area contributed by atoms with E-state index < -0.39 is 41.6 Å². The number of nitrogens with one attached hydrogen (secondary N) is 1. The van der Waals surface area contributed by atoms with Gasteiger partial charge in [-0.15, -0.1) is 0 Å². The molecule has 0 bridgehead atoms. The van der Waals surface area contributed by atoms with Crippen molar-refractivity contribution in [2.45, 2.75) is 121 Å². The lowest BCUT2D eigenvalue weighted by Crippen LogP contribution is -2.68. The van der Waals surface area contributed by atoms with Gasteiger partial charge in [-0.2, -0.15) is 0 Å². The quantitative estimate of drug-likeness (QED) is 0.500. The number of carbonyl (C=O) groups excluding carboxylic acids is 1. The van der Waals surface area contributed by atoms with E-state index in [2.05, 4.69) is 5.32 Å². The number of rotatable bonds is 9. The van der Waals surface area contributed by atoms with Crippen LogP contribution in [0.1, 0.15) is 86.0 Å². The van der Waals surface area contributed by atoms with Gasteiger partial charge in [-0.3, -0.25) is 0 Å². The Kier molecular flexibility index (Phi) is 8.94. The average Bonchev–Trinajstić information content (AvgIpc) is 3.59. The van der Waals surface area contributed by atoms with E-state index in [1.807, 2.05) is 20.8 Å². The molecule has 1 amide bonds. The molecule has 8 nitrogen and oxygen atoms in total. The summed E-state index contributed by atoms with van der Waals surface area (Å²) in [5, 5.41) is 14.3. The van der Waals surface area contributed by atoms with Gasteiger partial charge in [0.2, 0.25) is 11.6 Å². The number of hydrogen-bond acceptors (Lipinski definition) is 7. The fourth-order valence-electron chi connectivity index (χ4n) is 5.56. The maximum Gasteiger partial charge on any atom is 0.407 e. The van der Waals surface area contributed by atoms with Crippen molar-refractivity contribution in [3.8, 4) is 0 Å². The molecular formula is C26H47NO7. The van der Waals surface area contributed by atoms with Gasteiger partial charge >= 0.3 is 6.09 Å². The molecule has 6 atom stereocenters. The molecule has 0 aromatic carbocycles. The fraction of sp³-hybridized carbons (Fsp3) is 0.962. The lowest BCUT2D eigenvalue weighted by Gasteiger charge is -2.54. The van der Waals surface area contributed by atoms with E-state index in [0.29, 0.717) is 11.8 Å². The number of hydrogen-bond donors (Lipinski definition) is 2. The zero-order valence-corrected chi connectivity index (χ0v) is 22.2. The van der Waals surface area contributed by atoms with E-state index >= 15 is 0 Å². The Morgan fingerprint density at radius 1 is 1.03 bits per heavy atom. The first-order chi connectivity index (χ1) is 15.9. The van der Waals surface area contributed by atoms with E-state index in [0.717, 1.165) is 19.3 Å². The minimum Gasteiger partial charge on any atom is -0.444 e. The second-order valence-electron chi connectivity index (χ2n) is 11.6. The average molecular weight is 486 g/mol. The molecule has 1 aliphatic heterocycles. The minimum atomic E-state index is -1.19. The van der Waals surface area contributed by atoms with E-state index in [1.54, 1.807) is 28.1 Å². The summed E-state index contributed by atoms with van der Waals surface area (Å²) in [6.07, 6.45) is 7.01. The highest BCUT2D eigenvalue weighted by Crippen LogP contribution is 2.49. The van der Waals surface area contributed by atoms with Crippen LogP contribution in [0.2, 0.25) is 0 Å². The third kappa shape index (κ3) is 6.64. The standard InChI is InChI=1S/C26H47NO7/c1-24(2,3)34-23(29)27-16-20-22(33-26(5,31-7)25(4,30-6)32-20)21(18-13-14-18)19(28)15-17-11-9-8-10-12-17/h17-22,28H,8-16H2,1-7H3,(H,27,29). The molecule has 2 aliphatic carbocycles. The summed E-state index contributed by atoms with van der Waals surface area (Å²) in [7, 11) is 3.12. The minimum absolute atomic E-state index is 0.108. The number of alkyl carbamates (subject to hydrolysis) is 1. The number of ether oxygens (including phenoxy) is 5. The lowest BCUT2D eigenvalue weighted by atomic mass is 9.78. The Bertz CT molecular complexity index is 673. The lowest BCUT2D eigenvalue weighted by molar-refractivity contribution is -0.453. The zero-order chi connectivity index (χ0) is 25.1. The van der Waals surface area contributed by atoms with Crippen LogP contribution in [0.5, 0.6) is 0 Å². The highest BCUT2D eigenvalue weighted by atomic mass is 16.8. The number of carbonyl (C=O) groups is 1. The van der Waals surface area contributed by atoms with Crippen LogP contribution < -0.4 is 5.32 Å². The van der Waals surface area contributed by atoms with Crippen LogP contribution >= 0.6 is 0 Å². The van der Waals surface area contributed by atoms with Crippen molar-refractivity contribution >= 4 is 6.09 Å². The van der Waals surface area contributed by atoms with Gasteiger partial charge in [0, 0.05) is 26.7 Å². The Hall–Kier alpha value is -0.930. The normalized spacial score (nSPS) is 34.9. The number of methoxy groups -OCH3 is 2. The predicted molar refractivity (Wildman–Crippen MR) is 128 cm³/mol. The molecule has 198 valence electrons. The molecule has 0 spiro atoms. The summed E-state index contributed by atoms with van der Waals surface area (Å²) >= 11 is 0. The van der Waals surface area contributed by atoms with Crippen molar-refractivity contribution in [3.05, 3.63) is 0 Å². The summed E-state index contributed by atoms with van der Waals surface area (Å²) in [5.74, 6) is -1.56. The molecule has 0 aromatic heterocycles. The van der Waals surface area contributed by atoms with Crippen molar-refractivity contribution in [1.82, 2.24) is 5.32 Å². The predicted octanol–water partition coefficient (Wildman–Crippen LogP) is 4.38. The summed E-state index contributed by atoms with van der Waals surface area (Å²) in [4.78, 5) is 12.4. The van der Waals surface area contributed by atoms with Crippen LogP contribution in [0.25, 0.3) is 0 Å². The molecule has 1 saturated heterocycles. The van der Waals surface area contributed by atoms with Crippen molar-refractivity contribution in [2.75, 3.05) is 20.8 Å². The van der Waals surface area contributed by atoms with Gasteiger partial charge in [0.15, 0.2) is 0 Å². The van der Waals surface area contributed by atoms with Crippen LogP contribution in [0, 0.1) is 17.8 Å².